The van der Waals surface area contributed by atoms with Gasteiger partial charge in [-0.15, -0.1) is 0 Å². The highest BCUT2D eigenvalue weighted by Gasteiger charge is 2.12. The highest BCUT2D eigenvalue weighted by atomic mass is 19.1. The number of carbonyl (C=O) groups excluding carboxylic acids is 1. The van der Waals surface area contributed by atoms with Crippen molar-refractivity contribution >= 4 is 33.8 Å². The summed E-state index contributed by atoms with van der Waals surface area (Å²) in [5.41, 5.74) is 5.39. The average Bonchev–Trinajstić information content (AvgIpc) is 3.21. The highest BCUT2D eigenvalue weighted by Crippen LogP contribution is 2.23. The van der Waals surface area contributed by atoms with E-state index in [1.54, 1.807) is 6.21 Å². The van der Waals surface area contributed by atoms with Crippen LogP contribution in [0.2, 0.25) is 0 Å². The predicted octanol–water partition coefficient (Wildman–Crippen LogP) is 5.62. The number of carbonyl (C=O) groups is 1. The first kappa shape index (κ1) is 21.1. The van der Waals surface area contributed by atoms with Crippen molar-refractivity contribution in [3.63, 3.8) is 0 Å². The molecule has 5 nitrogen and oxygen atoms in total. The van der Waals surface area contributed by atoms with Gasteiger partial charge in [0.2, 0.25) is 0 Å². The molecule has 0 saturated heterocycles. The number of hydrogen-bond donors (Lipinski definition) is 1. The Morgan fingerprint density at radius 3 is 2.62 bits per heavy atom. The normalized spacial score (nSPS) is 11.2. The zero-order chi connectivity index (χ0) is 23.5. The Kier molecular flexibility index (Phi) is 5.59. The summed E-state index contributed by atoms with van der Waals surface area (Å²) in [6, 6.07) is 28.2. The highest BCUT2D eigenvalue weighted by molar-refractivity contribution is 6.00. The molecule has 0 saturated carbocycles. The molecule has 34 heavy (non-hydrogen) atoms. The number of nitriles is 1. The van der Waals surface area contributed by atoms with Crippen molar-refractivity contribution in [1.29, 1.82) is 5.26 Å². The van der Waals surface area contributed by atoms with Crippen LogP contribution in [0.3, 0.4) is 0 Å². The van der Waals surface area contributed by atoms with Gasteiger partial charge in [-0.2, -0.15) is 10.4 Å². The van der Waals surface area contributed by atoms with E-state index in [9.17, 15) is 9.18 Å². The summed E-state index contributed by atoms with van der Waals surface area (Å²) in [6.07, 6.45) is 3.54. The first-order valence-corrected chi connectivity index (χ1v) is 10.7. The van der Waals surface area contributed by atoms with Crippen LogP contribution in [0.4, 0.5) is 4.39 Å². The van der Waals surface area contributed by atoms with E-state index in [4.69, 9.17) is 5.26 Å². The third-order valence-corrected chi connectivity index (χ3v) is 5.70. The lowest BCUT2D eigenvalue weighted by molar-refractivity contribution is 0.0951. The van der Waals surface area contributed by atoms with Crippen LogP contribution in [-0.2, 0) is 6.54 Å². The summed E-state index contributed by atoms with van der Waals surface area (Å²) in [7, 11) is 0. The number of nitrogens with zero attached hydrogens (tertiary/aromatic N) is 3. The zero-order valence-electron chi connectivity index (χ0n) is 18.1. The molecule has 6 heteroatoms. The minimum atomic E-state index is -0.765. The van der Waals surface area contributed by atoms with Crippen molar-refractivity contribution in [2.45, 2.75) is 6.54 Å². The monoisotopic (exact) mass is 446 g/mol. The van der Waals surface area contributed by atoms with E-state index < -0.39 is 11.7 Å². The maximum atomic E-state index is 14.1. The molecular formula is C28H19FN4O. The molecule has 0 aliphatic rings. The minimum Gasteiger partial charge on any atom is -0.342 e. The van der Waals surface area contributed by atoms with Crippen LogP contribution < -0.4 is 5.43 Å². The number of hydrazone groups is 1. The van der Waals surface area contributed by atoms with Crippen molar-refractivity contribution in [3.8, 4) is 6.07 Å². The molecule has 1 heterocycles. The average molecular weight is 446 g/mol. The summed E-state index contributed by atoms with van der Waals surface area (Å²) in [5, 5.41) is 16.3. The lowest BCUT2D eigenvalue weighted by atomic mass is 10.1. The molecule has 0 aliphatic carbocycles. The molecule has 1 aromatic heterocycles. The van der Waals surface area contributed by atoms with Gasteiger partial charge in [0, 0.05) is 29.2 Å². The largest absolute Gasteiger partial charge is 0.342 e. The fraction of sp³-hybridized carbons (Fsp3) is 0.0357. The smallest absolute Gasteiger partial charge is 0.274 e. The molecule has 0 bridgehead atoms. The number of para-hydroxylation sites is 1. The summed E-state index contributed by atoms with van der Waals surface area (Å²) >= 11 is 0. The molecule has 1 N–H and O–H groups in total. The number of halogens is 1. The van der Waals surface area contributed by atoms with Gasteiger partial charge in [-0.1, -0.05) is 54.6 Å². The van der Waals surface area contributed by atoms with Crippen molar-refractivity contribution in [2.75, 3.05) is 0 Å². The van der Waals surface area contributed by atoms with Gasteiger partial charge in [-0.25, -0.2) is 9.82 Å². The van der Waals surface area contributed by atoms with E-state index in [-0.39, 0.29) is 11.1 Å². The number of rotatable bonds is 5. The summed E-state index contributed by atoms with van der Waals surface area (Å²) in [4.78, 5) is 12.3. The van der Waals surface area contributed by atoms with Crippen LogP contribution in [0.1, 0.15) is 27.0 Å². The molecule has 0 radical (unpaired) electrons. The fourth-order valence-electron chi connectivity index (χ4n) is 4.03. The van der Waals surface area contributed by atoms with E-state index >= 15 is 0 Å². The first-order valence-electron chi connectivity index (χ1n) is 10.7. The van der Waals surface area contributed by atoms with Crippen molar-refractivity contribution in [3.05, 3.63) is 119 Å². The first-order chi connectivity index (χ1) is 16.6. The summed E-state index contributed by atoms with van der Waals surface area (Å²) in [6.45, 7) is 0.683. The second-order valence-electron chi connectivity index (χ2n) is 7.92. The van der Waals surface area contributed by atoms with Gasteiger partial charge >= 0.3 is 0 Å². The van der Waals surface area contributed by atoms with E-state index in [0.29, 0.717) is 6.54 Å². The lowest BCUT2D eigenvalue weighted by Crippen LogP contribution is -2.19. The molecular weight excluding hydrogens is 427 g/mol. The molecule has 0 spiro atoms. The fourth-order valence-corrected chi connectivity index (χ4v) is 4.03. The third kappa shape index (κ3) is 4.15. The number of fused-ring (bicyclic) bond motifs is 2. The Balaban J connectivity index is 1.39. The van der Waals surface area contributed by atoms with Crippen LogP contribution in [-0.4, -0.2) is 16.7 Å². The summed E-state index contributed by atoms with van der Waals surface area (Å²) < 4.78 is 16.2. The molecule has 1 amide bonds. The van der Waals surface area contributed by atoms with Crippen LogP contribution in [0, 0.1) is 17.1 Å². The van der Waals surface area contributed by atoms with Gasteiger partial charge in [-0.3, -0.25) is 4.79 Å². The van der Waals surface area contributed by atoms with Crippen LogP contribution in [0.5, 0.6) is 0 Å². The maximum absolute atomic E-state index is 14.1. The maximum Gasteiger partial charge on any atom is 0.274 e. The quantitative estimate of drug-likeness (QED) is 0.281. The molecule has 0 atom stereocenters. The number of amides is 1. The Hall–Kier alpha value is -4.76. The molecule has 0 unspecified atom stereocenters. The van der Waals surface area contributed by atoms with E-state index in [0.717, 1.165) is 22.5 Å². The van der Waals surface area contributed by atoms with Gasteiger partial charge < -0.3 is 4.57 Å². The van der Waals surface area contributed by atoms with E-state index in [2.05, 4.69) is 45.4 Å². The number of hydrogen-bond acceptors (Lipinski definition) is 3. The molecule has 4 aromatic carbocycles. The standard InChI is InChI=1S/C28H19FN4O/c29-26-14-19(15-30)10-12-25(26)28(34)32-31-16-23-18-33(27-8-4-3-7-24(23)27)17-20-9-11-21-5-1-2-6-22(21)13-20/h1-14,16,18H,17H2,(H,32,34)/b31-16-. The lowest BCUT2D eigenvalue weighted by Gasteiger charge is -2.07. The SMILES string of the molecule is N#Cc1ccc(C(=O)N/N=C\c2cn(Cc3ccc4ccccc4c3)c3ccccc23)c(F)c1. The van der Waals surface area contributed by atoms with Crippen LogP contribution in [0.25, 0.3) is 21.7 Å². The molecule has 0 aliphatic heterocycles. The summed E-state index contributed by atoms with van der Waals surface area (Å²) in [5.74, 6) is -1.45. The van der Waals surface area contributed by atoms with Gasteiger partial charge in [0.25, 0.3) is 5.91 Å². The Morgan fingerprint density at radius 1 is 1.00 bits per heavy atom. The van der Waals surface area contributed by atoms with E-state index in [1.807, 2.05) is 48.7 Å². The Bertz CT molecular complexity index is 1610. The second-order valence-corrected chi connectivity index (χ2v) is 7.92. The number of benzene rings is 4. The molecule has 0 fully saturated rings. The Morgan fingerprint density at radius 2 is 1.79 bits per heavy atom. The van der Waals surface area contributed by atoms with Gasteiger partial charge in [0.1, 0.15) is 5.82 Å². The Labute approximate surface area is 195 Å². The molecule has 5 aromatic rings. The third-order valence-electron chi connectivity index (χ3n) is 5.70. The second kappa shape index (κ2) is 9.00. The van der Waals surface area contributed by atoms with E-state index in [1.165, 1.54) is 28.5 Å². The van der Waals surface area contributed by atoms with Crippen molar-refractivity contribution in [2.24, 2.45) is 5.10 Å². The van der Waals surface area contributed by atoms with Crippen LogP contribution >= 0.6 is 0 Å². The topological polar surface area (TPSA) is 70.2 Å². The number of nitrogens with one attached hydrogen (secondary N) is 1. The molecule has 164 valence electrons. The number of aromatic nitrogens is 1. The van der Waals surface area contributed by atoms with Crippen molar-refractivity contribution in [1.82, 2.24) is 9.99 Å². The van der Waals surface area contributed by atoms with Gasteiger partial charge in [-0.05, 0) is 46.7 Å². The molecule has 5 rings (SSSR count). The van der Waals surface area contributed by atoms with Gasteiger partial charge in [0.15, 0.2) is 0 Å². The van der Waals surface area contributed by atoms with Crippen molar-refractivity contribution < 1.29 is 9.18 Å². The minimum absolute atomic E-state index is 0.150. The predicted molar refractivity (Wildman–Crippen MR) is 131 cm³/mol. The van der Waals surface area contributed by atoms with Gasteiger partial charge in [0.05, 0.1) is 23.4 Å². The zero-order valence-corrected chi connectivity index (χ0v) is 18.1. The van der Waals surface area contributed by atoms with Crippen LogP contribution in [0.15, 0.2) is 96.2 Å².